The van der Waals surface area contributed by atoms with Crippen molar-refractivity contribution in [2.24, 2.45) is 0 Å². The minimum absolute atomic E-state index is 0.256. The summed E-state index contributed by atoms with van der Waals surface area (Å²) >= 11 is 0. The van der Waals surface area contributed by atoms with Crippen molar-refractivity contribution in [3.63, 3.8) is 0 Å². The quantitative estimate of drug-likeness (QED) is 0.173. The van der Waals surface area contributed by atoms with E-state index < -0.39 is 0 Å². The summed E-state index contributed by atoms with van der Waals surface area (Å²) in [5, 5.41) is 6.94. The Hall–Kier alpha value is -8.61. The SMILES string of the molecule is CC1(C)c2cc3c(cc2-c2cc4c5ccccc5n(-c5ccc6oc7cccc(-c8nc(-c9ccccc9)nc(-c9ccccc9)n8)c7c6c5)c4cc21)c1ccccc1n3-c1ccccc1. The maximum Gasteiger partial charge on any atom is 0.164 e. The first-order valence-corrected chi connectivity index (χ1v) is 22.5. The molecule has 0 amide bonds. The van der Waals surface area contributed by atoms with Crippen molar-refractivity contribution in [1.29, 1.82) is 0 Å². The van der Waals surface area contributed by atoms with Crippen LogP contribution in [0, 0.1) is 0 Å². The average molecular weight is 846 g/mol. The summed E-state index contributed by atoms with van der Waals surface area (Å²) in [6, 6.07) is 71.1. The van der Waals surface area contributed by atoms with Crippen LogP contribution >= 0.6 is 0 Å². The molecule has 0 saturated heterocycles. The largest absolute Gasteiger partial charge is 0.456 e. The molecule has 0 fully saturated rings. The van der Waals surface area contributed by atoms with Gasteiger partial charge in [-0.25, -0.2) is 15.0 Å². The Bertz CT molecular complexity index is 4070. The lowest BCUT2D eigenvalue weighted by Gasteiger charge is -2.22. The molecule has 6 heteroatoms. The van der Waals surface area contributed by atoms with E-state index in [0.717, 1.165) is 49.8 Å². The highest BCUT2D eigenvalue weighted by Crippen LogP contribution is 2.53. The summed E-state index contributed by atoms with van der Waals surface area (Å²) in [6.07, 6.45) is 0. The molecular formula is C60H39N5O. The molecule has 4 heterocycles. The van der Waals surface area contributed by atoms with Gasteiger partial charge in [0.1, 0.15) is 11.2 Å². The fraction of sp³-hybridized carbons (Fsp3) is 0.0500. The van der Waals surface area contributed by atoms with Gasteiger partial charge in [-0.1, -0.05) is 141 Å². The summed E-state index contributed by atoms with van der Waals surface area (Å²) < 4.78 is 11.5. The highest BCUT2D eigenvalue weighted by molar-refractivity contribution is 6.16. The lowest BCUT2D eigenvalue weighted by atomic mass is 9.82. The number of hydrogen-bond donors (Lipinski definition) is 0. The first-order chi connectivity index (χ1) is 32.5. The van der Waals surface area contributed by atoms with Gasteiger partial charge in [0, 0.05) is 65.8 Å². The minimum Gasteiger partial charge on any atom is -0.456 e. The Morgan fingerprint density at radius 2 is 0.879 bits per heavy atom. The maximum absolute atomic E-state index is 6.62. The van der Waals surface area contributed by atoms with Gasteiger partial charge in [0.05, 0.1) is 22.1 Å². The molecule has 4 aromatic heterocycles. The molecule has 310 valence electrons. The Morgan fingerprint density at radius 1 is 0.364 bits per heavy atom. The fourth-order valence-electron chi connectivity index (χ4n) is 10.9. The maximum atomic E-state index is 6.62. The number of fused-ring (bicyclic) bond motifs is 12. The molecule has 66 heavy (non-hydrogen) atoms. The third kappa shape index (κ3) is 5.27. The average Bonchev–Trinajstić information content (AvgIpc) is 4.08. The molecule has 6 nitrogen and oxygen atoms in total. The minimum atomic E-state index is -0.256. The van der Waals surface area contributed by atoms with E-state index in [2.05, 4.69) is 150 Å². The standard InChI is InChI=1S/C60H39N5O/c1-60(2)48-34-52-45(40-23-12-14-26-50(40)64(52)38-21-10-5-11-22-38)32-43(48)44-33-46-41-24-13-15-27-51(41)65(53(46)35-49(44)60)39-29-30-54-47(31-39)56-42(25-16-28-55(56)66-54)59-62-57(36-17-6-3-7-18-36)61-58(63-59)37-19-8-4-9-20-37/h3-35H,1-2H3. The summed E-state index contributed by atoms with van der Waals surface area (Å²) in [4.78, 5) is 15.2. The second-order valence-corrected chi connectivity index (χ2v) is 18.0. The van der Waals surface area contributed by atoms with Crippen LogP contribution in [0.2, 0.25) is 0 Å². The monoisotopic (exact) mass is 845 g/mol. The second kappa shape index (κ2) is 13.7. The third-order valence-electron chi connectivity index (χ3n) is 14.0. The van der Waals surface area contributed by atoms with Gasteiger partial charge in [0.2, 0.25) is 0 Å². The molecule has 0 atom stereocenters. The van der Waals surface area contributed by atoms with Gasteiger partial charge in [0.25, 0.3) is 0 Å². The molecule has 13 aromatic rings. The van der Waals surface area contributed by atoms with Crippen molar-refractivity contribution < 1.29 is 4.42 Å². The molecule has 0 aliphatic heterocycles. The summed E-state index contributed by atoms with van der Waals surface area (Å²) in [6.45, 7) is 4.77. The number of aromatic nitrogens is 5. The Kier molecular flexibility index (Phi) is 7.64. The lowest BCUT2D eigenvalue weighted by Crippen LogP contribution is -2.15. The normalized spacial score (nSPS) is 13.1. The molecule has 1 aliphatic rings. The van der Waals surface area contributed by atoms with E-state index in [0.29, 0.717) is 17.5 Å². The number of hydrogen-bond acceptors (Lipinski definition) is 4. The Labute approximate surface area is 379 Å². The number of para-hydroxylation sites is 3. The van der Waals surface area contributed by atoms with E-state index in [9.17, 15) is 0 Å². The van der Waals surface area contributed by atoms with Crippen LogP contribution in [0.25, 0.3) is 122 Å². The van der Waals surface area contributed by atoms with Crippen LogP contribution < -0.4 is 0 Å². The van der Waals surface area contributed by atoms with Gasteiger partial charge in [-0.3, -0.25) is 0 Å². The van der Waals surface area contributed by atoms with Gasteiger partial charge >= 0.3 is 0 Å². The molecule has 1 aliphatic carbocycles. The highest BCUT2D eigenvalue weighted by Gasteiger charge is 2.37. The van der Waals surface area contributed by atoms with Crippen LogP contribution in [0.1, 0.15) is 25.0 Å². The van der Waals surface area contributed by atoms with E-state index in [1.54, 1.807) is 0 Å². The predicted octanol–water partition coefficient (Wildman–Crippen LogP) is 15.3. The number of furan rings is 1. The Balaban J connectivity index is 0.975. The van der Waals surface area contributed by atoms with E-state index in [1.807, 2.05) is 72.8 Å². The van der Waals surface area contributed by atoms with Gasteiger partial charge in [-0.05, 0) is 95.1 Å². The number of benzene rings is 9. The highest BCUT2D eigenvalue weighted by atomic mass is 16.3. The summed E-state index contributed by atoms with van der Waals surface area (Å²) in [5.74, 6) is 1.84. The van der Waals surface area contributed by atoms with Crippen molar-refractivity contribution in [2.75, 3.05) is 0 Å². The molecule has 14 rings (SSSR count). The lowest BCUT2D eigenvalue weighted by molar-refractivity contribution is 0.661. The van der Waals surface area contributed by atoms with Crippen LogP contribution in [0.4, 0.5) is 0 Å². The first kappa shape index (κ1) is 36.8. The molecule has 9 aromatic carbocycles. The third-order valence-corrected chi connectivity index (χ3v) is 14.0. The van der Waals surface area contributed by atoms with Crippen LogP contribution in [-0.2, 0) is 5.41 Å². The molecular weight excluding hydrogens is 807 g/mol. The molecule has 0 radical (unpaired) electrons. The predicted molar refractivity (Wildman–Crippen MR) is 270 cm³/mol. The molecule has 0 N–H and O–H groups in total. The van der Waals surface area contributed by atoms with Gasteiger partial charge in [-0.15, -0.1) is 0 Å². The van der Waals surface area contributed by atoms with E-state index in [-0.39, 0.29) is 5.41 Å². The van der Waals surface area contributed by atoms with Crippen molar-refractivity contribution in [2.45, 2.75) is 19.3 Å². The molecule has 0 saturated carbocycles. The molecule has 0 spiro atoms. The Morgan fingerprint density at radius 3 is 1.47 bits per heavy atom. The first-order valence-electron chi connectivity index (χ1n) is 22.5. The zero-order valence-corrected chi connectivity index (χ0v) is 36.2. The van der Waals surface area contributed by atoms with Crippen molar-refractivity contribution in [1.82, 2.24) is 24.1 Å². The summed E-state index contributed by atoms with van der Waals surface area (Å²) in [5.41, 5.74) is 16.3. The van der Waals surface area contributed by atoms with Crippen LogP contribution in [0.3, 0.4) is 0 Å². The molecule has 0 bridgehead atoms. The van der Waals surface area contributed by atoms with Crippen molar-refractivity contribution in [3.05, 3.63) is 211 Å². The summed E-state index contributed by atoms with van der Waals surface area (Å²) in [7, 11) is 0. The van der Waals surface area contributed by atoms with Crippen LogP contribution in [-0.4, -0.2) is 24.1 Å². The van der Waals surface area contributed by atoms with Crippen LogP contribution in [0.15, 0.2) is 205 Å². The topological polar surface area (TPSA) is 61.7 Å². The zero-order valence-electron chi connectivity index (χ0n) is 36.2. The zero-order chi connectivity index (χ0) is 43.7. The van der Waals surface area contributed by atoms with Crippen molar-refractivity contribution >= 4 is 65.6 Å². The number of nitrogens with zero attached hydrogens (tertiary/aromatic N) is 5. The second-order valence-electron chi connectivity index (χ2n) is 18.0. The van der Waals surface area contributed by atoms with Gasteiger partial charge in [-0.2, -0.15) is 0 Å². The van der Waals surface area contributed by atoms with E-state index in [1.165, 1.54) is 66.0 Å². The smallest absolute Gasteiger partial charge is 0.164 e. The fourth-order valence-corrected chi connectivity index (χ4v) is 10.9. The van der Waals surface area contributed by atoms with E-state index >= 15 is 0 Å². The van der Waals surface area contributed by atoms with Crippen LogP contribution in [0.5, 0.6) is 0 Å². The molecule has 0 unspecified atom stereocenters. The van der Waals surface area contributed by atoms with E-state index in [4.69, 9.17) is 19.4 Å². The number of rotatable bonds is 5. The van der Waals surface area contributed by atoms with Gasteiger partial charge in [0.15, 0.2) is 17.5 Å². The van der Waals surface area contributed by atoms with Crippen molar-refractivity contribution in [3.8, 4) is 56.7 Å². The van der Waals surface area contributed by atoms with Gasteiger partial charge < -0.3 is 13.6 Å².